The Morgan fingerprint density at radius 1 is 1.27 bits per heavy atom. The van der Waals surface area contributed by atoms with Crippen molar-refractivity contribution < 1.29 is 23.8 Å². The fraction of sp³-hybridized carbons (Fsp3) is 0.393. The van der Waals surface area contributed by atoms with E-state index in [2.05, 4.69) is 25.6 Å². The molecule has 12 heteroatoms. The Bertz CT molecular complexity index is 1430. The summed E-state index contributed by atoms with van der Waals surface area (Å²) in [5.74, 6) is -1.22. The predicted molar refractivity (Wildman–Crippen MR) is 146 cm³/mol. The minimum atomic E-state index is -0.931. The van der Waals surface area contributed by atoms with Gasteiger partial charge in [-0.15, -0.1) is 0 Å². The number of amides is 2. The number of aromatic nitrogens is 3. The summed E-state index contributed by atoms with van der Waals surface area (Å²) >= 11 is 6.39. The van der Waals surface area contributed by atoms with Crippen LogP contribution in [0.25, 0.3) is 11.3 Å². The van der Waals surface area contributed by atoms with Crippen molar-refractivity contribution in [3.05, 3.63) is 69.9 Å². The van der Waals surface area contributed by atoms with Crippen LogP contribution in [0.5, 0.6) is 0 Å². The van der Waals surface area contributed by atoms with E-state index < -0.39 is 29.7 Å². The summed E-state index contributed by atoms with van der Waals surface area (Å²) in [7, 11) is 0. The van der Waals surface area contributed by atoms with E-state index in [1.807, 2.05) is 13.0 Å². The van der Waals surface area contributed by atoms with Gasteiger partial charge in [-0.2, -0.15) is 0 Å². The highest BCUT2D eigenvalue weighted by Gasteiger charge is 2.37. The zero-order valence-corrected chi connectivity index (χ0v) is 22.9. The van der Waals surface area contributed by atoms with E-state index in [0.717, 1.165) is 18.5 Å². The van der Waals surface area contributed by atoms with E-state index >= 15 is 4.39 Å². The number of hydrogen-bond donors (Lipinski definition) is 3. The number of carbonyl (C=O) groups is 2. The Morgan fingerprint density at radius 2 is 2.05 bits per heavy atom. The number of pyridine rings is 1. The summed E-state index contributed by atoms with van der Waals surface area (Å²) in [6.07, 6.45) is 3.06. The molecule has 3 aromatic rings. The highest BCUT2D eigenvalue weighted by atomic mass is 35.5. The maximum absolute atomic E-state index is 15.3. The maximum atomic E-state index is 15.3. The first-order chi connectivity index (χ1) is 19.2. The number of fused-ring (bicyclic) bond motifs is 1. The quantitative estimate of drug-likeness (QED) is 0.377. The van der Waals surface area contributed by atoms with Gasteiger partial charge in [0.1, 0.15) is 11.9 Å². The fourth-order valence-electron chi connectivity index (χ4n) is 4.90. The number of nitrogens with zero attached hydrogens (tertiary/aromatic N) is 4. The number of aryl methyl sites for hydroxylation is 1. The number of ether oxygens (including phenoxy) is 1. The Labute approximate surface area is 235 Å². The molecule has 2 aliphatic rings. The molecule has 0 aliphatic carbocycles. The fourth-order valence-corrected chi connectivity index (χ4v) is 5.10. The summed E-state index contributed by atoms with van der Waals surface area (Å²) < 4.78 is 20.7. The summed E-state index contributed by atoms with van der Waals surface area (Å²) in [6.45, 7) is 4.22. The first kappa shape index (κ1) is 27.9. The average molecular weight is 569 g/mol. The predicted octanol–water partition coefficient (Wildman–Crippen LogP) is 3.42. The third kappa shape index (κ3) is 5.77. The largest absolute Gasteiger partial charge is 0.394 e. The number of carbonyl (C=O) groups excluding carboxylic acids is 2. The van der Waals surface area contributed by atoms with E-state index in [4.69, 9.17) is 16.3 Å². The highest BCUT2D eigenvalue weighted by molar-refractivity contribution is 6.33. The monoisotopic (exact) mass is 568 g/mol. The van der Waals surface area contributed by atoms with E-state index in [-0.39, 0.29) is 35.3 Å². The van der Waals surface area contributed by atoms with Crippen molar-refractivity contribution in [1.82, 2.24) is 25.2 Å². The van der Waals surface area contributed by atoms with Crippen LogP contribution >= 0.6 is 11.6 Å². The summed E-state index contributed by atoms with van der Waals surface area (Å²) in [5, 5.41) is 16.1. The molecule has 2 atom stereocenters. The Morgan fingerprint density at radius 3 is 2.77 bits per heavy atom. The van der Waals surface area contributed by atoms with Gasteiger partial charge in [-0.1, -0.05) is 17.7 Å². The van der Waals surface area contributed by atoms with Crippen LogP contribution in [0, 0.1) is 12.7 Å². The summed E-state index contributed by atoms with van der Waals surface area (Å²) in [6, 6.07) is 6.60. The molecule has 10 nitrogen and oxygen atoms in total. The molecule has 2 aliphatic heterocycles. The molecule has 210 valence electrons. The number of halogens is 2. The van der Waals surface area contributed by atoms with Crippen molar-refractivity contribution in [3.63, 3.8) is 0 Å². The highest BCUT2D eigenvalue weighted by Crippen LogP contribution is 2.34. The number of rotatable bonds is 8. The number of anilines is 1. The SMILES string of the molecule is Cc1cccc([C@@H](CO)NC(=O)[C@@H](C)N2Cc3c(F)cc(-c4nc(NC5CCOCC5)ncc4Cl)cc3C2=O)n1. The lowest BCUT2D eigenvalue weighted by molar-refractivity contribution is -0.126. The van der Waals surface area contributed by atoms with Gasteiger partial charge in [0.2, 0.25) is 11.9 Å². The van der Waals surface area contributed by atoms with E-state index in [0.29, 0.717) is 36.1 Å². The van der Waals surface area contributed by atoms with Crippen LogP contribution in [0.1, 0.15) is 53.1 Å². The van der Waals surface area contributed by atoms with Gasteiger partial charge >= 0.3 is 0 Å². The van der Waals surface area contributed by atoms with Gasteiger partial charge in [0.15, 0.2) is 0 Å². The Kier molecular flexibility index (Phi) is 8.24. The lowest BCUT2D eigenvalue weighted by Gasteiger charge is -2.25. The van der Waals surface area contributed by atoms with E-state index in [1.54, 1.807) is 25.1 Å². The van der Waals surface area contributed by atoms with E-state index in [1.165, 1.54) is 17.2 Å². The molecule has 1 saturated heterocycles. The van der Waals surface area contributed by atoms with Crippen molar-refractivity contribution in [2.24, 2.45) is 0 Å². The lowest BCUT2D eigenvalue weighted by Crippen LogP contribution is -2.47. The summed E-state index contributed by atoms with van der Waals surface area (Å²) in [5.41, 5.74) is 2.20. The molecule has 3 N–H and O–H groups in total. The molecule has 4 heterocycles. The first-order valence-electron chi connectivity index (χ1n) is 13.1. The van der Waals surface area contributed by atoms with Gasteiger partial charge in [-0.05, 0) is 51.0 Å². The molecule has 0 spiro atoms. The second-order valence-electron chi connectivity index (χ2n) is 9.96. The van der Waals surface area contributed by atoms with Crippen molar-refractivity contribution in [1.29, 1.82) is 0 Å². The van der Waals surface area contributed by atoms with E-state index in [9.17, 15) is 14.7 Å². The van der Waals surface area contributed by atoms with Gasteiger partial charge in [0.25, 0.3) is 5.91 Å². The Hall–Kier alpha value is -3.67. The minimum absolute atomic E-state index is 0.0740. The number of aliphatic hydroxyl groups is 1. The first-order valence-corrected chi connectivity index (χ1v) is 13.5. The van der Waals surface area contributed by atoms with Crippen LogP contribution in [-0.2, 0) is 16.1 Å². The number of nitrogens with one attached hydrogen (secondary N) is 2. The van der Waals surface area contributed by atoms with Crippen molar-refractivity contribution in [2.75, 3.05) is 25.1 Å². The maximum Gasteiger partial charge on any atom is 0.255 e. The molecule has 2 aromatic heterocycles. The van der Waals surface area contributed by atoms with Gasteiger partial charge in [0, 0.05) is 41.6 Å². The van der Waals surface area contributed by atoms with Crippen molar-refractivity contribution >= 4 is 29.4 Å². The second kappa shape index (κ2) is 11.8. The third-order valence-corrected chi connectivity index (χ3v) is 7.48. The topological polar surface area (TPSA) is 130 Å². The van der Waals surface area contributed by atoms with Crippen LogP contribution in [0.3, 0.4) is 0 Å². The molecular weight excluding hydrogens is 539 g/mol. The van der Waals surface area contributed by atoms with Crippen LogP contribution < -0.4 is 10.6 Å². The molecule has 0 radical (unpaired) electrons. The molecule has 2 amide bonds. The number of benzene rings is 1. The zero-order valence-electron chi connectivity index (χ0n) is 22.2. The minimum Gasteiger partial charge on any atom is -0.394 e. The van der Waals surface area contributed by atoms with Crippen LogP contribution in [0.4, 0.5) is 10.3 Å². The van der Waals surface area contributed by atoms with Gasteiger partial charge in [-0.25, -0.2) is 14.4 Å². The van der Waals surface area contributed by atoms with Crippen LogP contribution in [-0.4, -0.2) is 68.7 Å². The third-order valence-electron chi connectivity index (χ3n) is 7.20. The molecule has 5 rings (SSSR count). The van der Waals surface area contributed by atoms with Gasteiger partial charge in [0.05, 0.1) is 41.8 Å². The zero-order chi connectivity index (χ0) is 28.4. The average Bonchev–Trinajstić information content (AvgIpc) is 3.29. The normalized spacial score (nSPS) is 16.9. The molecular formula is C28H30ClFN6O4. The lowest BCUT2D eigenvalue weighted by atomic mass is 10.0. The molecule has 1 fully saturated rings. The van der Waals surface area contributed by atoms with Crippen LogP contribution in [0.2, 0.25) is 5.02 Å². The standard InChI is InChI=1S/C28H30ClFN6O4/c1-15-4-3-5-23(32-15)24(14-37)34-26(38)16(2)36-13-20-19(27(36)39)10-17(11-22(20)30)25-21(29)12-31-28(35-25)33-18-6-8-40-9-7-18/h3-5,10-12,16,18,24,37H,6-9,13-14H2,1-2H3,(H,34,38)(H,31,33,35)/t16-,24-/m1/s1. The smallest absolute Gasteiger partial charge is 0.255 e. The number of aliphatic hydroxyl groups excluding tert-OH is 1. The summed E-state index contributed by atoms with van der Waals surface area (Å²) in [4.78, 5) is 40.9. The van der Waals surface area contributed by atoms with Crippen LogP contribution in [0.15, 0.2) is 36.5 Å². The number of hydrogen-bond acceptors (Lipinski definition) is 8. The molecule has 0 unspecified atom stereocenters. The molecule has 0 bridgehead atoms. The van der Waals surface area contributed by atoms with Gasteiger partial charge < -0.3 is 25.4 Å². The Balaban J connectivity index is 1.35. The second-order valence-corrected chi connectivity index (χ2v) is 10.4. The van der Waals surface area contributed by atoms with Crippen molar-refractivity contribution in [3.8, 4) is 11.3 Å². The van der Waals surface area contributed by atoms with Crippen molar-refractivity contribution in [2.45, 2.75) is 51.4 Å². The molecule has 0 saturated carbocycles. The molecule has 1 aromatic carbocycles. The van der Waals surface area contributed by atoms with Gasteiger partial charge in [-0.3, -0.25) is 14.6 Å². The molecule has 40 heavy (non-hydrogen) atoms.